The summed E-state index contributed by atoms with van der Waals surface area (Å²) in [6.45, 7) is 5.47. The van der Waals surface area contributed by atoms with E-state index in [1.54, 1.807) is 149 Å². The molecular formula is C52H72Cl2N8O10. The number of aliphatic hydroxyl groups is 4. The molecule has 0 bridgehead atoms. The number of hydrogen-bond donors (Lipinski definition) is 12. The van der Waals surface area contributed by atoms with Gasteiger partial charge in [-0.1, -0.05) is 149 Å². The van der Waals surface area contributed by atoms with Crippen LogP contribution in [-0.4, -0.2) is 130 Å². The maximum atomic E-state index is 14.4. The van der Waals surface area contributed by atoms with Gasteiger partial charge < -0.3 is 63.8 Å². The van der Waals surface area contributed by atoms with Crippen molar-refractivity contribution in [1.29, 1.82) is 0 Å². The minimum atomic E-state index is -1.75. The lowest BCUT2D eigenvalue weighted by atomic mass is 9.90. The predicted octanol–water partition coefficient (Wildman–Crippen LogP) is 0.383. The lowest BCUT2D eigenvalue weighted by Gasteiger charge is -2.35. The van der Waals surface area contributed by atoms with Crippen molar-refractivity contribution in [2.75, 3.05) is 13.2 Å². The van der Waals surface area contributed by atoms with Crippen molar-refractivity contribution in [3.05, 3.63) is 144 Å². The SMILES string of the molecule is CC(C)[C@H](NC(=O)[C@H](Cc1ccccc1)NC(=O)[C@@H](N)CO)C(=O)N[C@@H](Cc1ccccc1)[C@H](O)[C@@H](O)[C@H](Cc1ccccc1)NC(=O)[C@@H](NC(=O)[C@H](Cc1ccccc1)NC(=O)[C@@H](N)CO)C(C)C.Cl.Cl. The molecule has 0 saturated carbocycles. The molecule has 0 aromatic heterocycles. The minimum absolute atomic E-state index is 0. The van der Waals surface area contributed by atoms with Gasteiger partial charge in [-0.05, 0) is 46.9 Å². The Morgan fingerprint density at radius 2 is 0.667 bits per heavy atom. The van der Waals surface area contributed by atoms with E-state index in [9.17, 15) is 49.2 Å². The van der Waals surface area contributed by atoms with Crippen LogP contribution in [0.1, 0.15) is 49.9 Å². The molecule has 14 N–H and O–H groups in total. The average Bonchev–Trinajstić information content (AvgIpc) is 3.36. The zero-order valence-electron chi connectivity index (χ0n) is 40.9. The number of nitrogens with two attached hydrogens (primary N) is 2. The highest BCUT2D eigenvalue weighted by Gasteiger charge is 2.39. The molecule has 18 nitrogen and oxygen atoms in total. The van der Waals surface area contributed by atoms with E-state index in [1.165, 1.54) is 0 Å². The minimum Gasteiger partial charge on any atom is -0.394 e. The Bertz CT molecular complexity index is 2110. The third-order valence-electron chi connectivity index (χ3n) is 11.8. The van der Waals surface area contributed by atoms with Crippen molar-refractivity contribution in [3.63, 3.8) is 0 Å². The zero-order chi connectivity index (χ0) is 51.3. The van der Waals surface area contributed by atoms with Crippen LogP contribution in [0.25, 0.3) is 0 Å². The number of amides is 6. The van der Waals surface area contributed by atoms with Crippen molar-refractivity contribution >= 4 is 60.3 Å². The second-order valence-electron chi connectivity index (χ2n) is 18.1. The molecule has 0 aliphatic rings. The molecule has 0 radical (unpaired) electrons. The van der Waals surface area contributed by atoms with Gasteiger partial charge >= 0.3 is 0 Å². The third kappa shape index (κ3) is 19.6. The van der Waals surface area contributed by atoms with E-state index in [-0.39, 0.29) is 50.5 Å². The van der Waals surface area contributed by atoms with Crippen LogP contribution >= 0.6 is 24.8 Å². The van der Waals surface area contributed by atoms with E-state index in [4.69, 9.17) is 11.5 Å². The van der Waals surface area contributed by atoms with Crippen LogP contribution in [-0.2, 0) is 54.5 Å². The Labute approximate surface area is 433 Å². The van der Waals surface area contributed by atoms with Crippen LogP contribution in [0.2, 0.25) is 0 Å². The predicted molar refractivity (Wildman–Crippen MR) is 278 cm³/mol. The topological polar surface area (TPSA) is 308 Å². The Morgan fingerprint density at radius 3 is 0.917 bits per heavy atom. The summed E-state index contributed by atoms with van der Waals surface area (Å²) < 4.78 is 0. The second kappa shape index (κ2) is 31.5. The second-order valence-corrected chi connectivity index (χ2v) is 18.1. The zero-order valence-corrected chi connectivity index (χ0v) is 42.6. The van der Waals surface area contributed by atoms with Gasteiger partial charge in [0.2, 0.25) is 35.4 Å². The van der Waals surface area contributed by atoms with Gasteiger partial charge in [-0.25, -0.2) is 0 Å². The number of carbonyl (C=O) groups is 6. The van der Waals surface area contributed by atoms with Crippen LogP contribution in [0.3, 0.4) is 0 Å². The van der Waals surface area contributed by atoms with Crippen molar-refractivity contribution in [3.8, 4) is 0 Å². The first kappa shape index (κ1) is 62.2. The van der Waals surface area contributed by atoms with Crippen LogP contribution in [0.5, 0.6) is 0 Å². The maximum absolute atomic E-state index is 14.4. The Hall–Kier alpha value is -5.96. The van der Waals surface area contributed by atoms with Crippen molar-refractivity contribution in [2.45, 2.75) is 114 Å². The number of rotatable bonds is 27. The number of carbonyl (C=O) groups excluding carboxylic acids is 6. The largest absolute Gasteiger partial charge is 0.394 e. The smallest absolute Gasteiger partial charge is 0.243 e. The summed E-state index contributed by atoms with van der Waals surface area (Å²) in [6, 6.07) is 25.6. The van der Waals surface area contributed by atoms with Crippen LogP contribution < -0.4 is 43.4 Å². The van der Waals surface area contributed by atoms with Gasteiger partial charge in [0.15, 0.2) is 0 Å². The van der Waals surface area contributed by atoms with Crippen LogP contribution in [0.4, 0.5) is 0 Å². The van der Waals surface area contributed by atoms with Gasteiger partial charge in [0.25, 0.3) is 0 Å². The van der Waals surface area contributed by atoms with Gasteiger partial charge in [-0.2, -0.15) is 0 Å². The Morgan fingerprint density at radius 1 is 0.403 bits per heavy atom. The van der Waals surface area contributed by atoms with Gasteiger partial charge in [0, 0.05) is 12.8 Å². The lowest BCUT2D eigenvalue weighted by molar-refractivity contribution is -0.135. The first-order chi connectivity index (χ1) is 33.4. The molecule has 4 rings (SSSR count). The number of benzene rings is 4. The summed E-state index contributed by atoms with van der Waals surface area (Å²) in [5.74, 6) is -5.46. The molecule has 20 heteroatoms. The Kier molecular flexibility index (Phi) is 27.2. The van der Waals surface area contributed by atoms with Gasteiger partial charge in [0.05, 0.1) is 25.3 Å². The van der Waals surface area contributed by atoms with E-state index in [2.05, 4.69) is 31.9 Å². The lowest BCUT2D eigenvalue weighted by Crippen LogP contribution is -2.63. The number of hydrogen-bond acceptors (Lipinski definition) is 12. The van der Waals surface area contributed by atoms with E-state index >= 15 is 0 Å². The summed E-state index contributed by atoms with van der Waals surface area (Å²) in [5.41, 5.74) is 14.3. The number of nitrogens with one attached hydrogen (secondary N) is 6. The molecule has 0 aliphatic heterocycles. The number of halogens is 2. The van der Waals surface area contributed by atoms with E-state index in [1.807, 2.05) is 0 Å². The highest BCUT2D eigenvalue weighted by molar-refractivity contribution is 5.94. The van der Waals surface area contributed by atoms with Gasteiger partial charge in [0.1, 0.15) is 48.5 Å². The summed E-state index contributed by atoms with van der Waals surface area (Å²) in [6.07, 6.45) is -3.43. The van der Waals surface area contributed by atoms with Gasteiger partial charge in [-0.3, -0.25) is 28.8 Å². The molecule has 0 fully saturated rings. The quantitative estimate of drug-likeness (QED) is 0.0386. The number of aliphatic hydroxyl groups excluding tert-OH is 4. The molecule has 0 heterocycles. The molecule has 6 amide bonds. The monoisotopic (exact) mass is 1040 g/mol. The molecule has 0 aliphatic carbocycles. The molecule has 0 saturated heterocycles. The standard InChI is InChI=1S/C52H70N8O10.2ClH/c1-31(2)43(59-49(67)41(57-47(65)37(53)29-61)27-35-21-13-7-14-22-35)51(69)55-39(25-33-17-9-5-10-18-33)45(63)46(64)40(26-34-19-11-6-12-20-34)56-52(70)44(32(3)4)60-50(68)42(58-48(66)38(54)30-62)28-36-23-15-8-16-24-36;;/h5-24,31-32,37-46,61-64H,25-30,53-54H2,1-4H3,(H,55,69)(H,56,70)(H,57,65)(H,58,66)(H,59,67)(H,60,68);2*1H/t37-,38-,39-,40-,41-,42-,43-,44-,45-,46-;;/m0../s1. The summed E-state index contributed by atoms with van der Waals surface area (Å²) in [4.78, 5) is 82.4. The molecule has 394 valence electrons. The first-order valence-electron chi connectivity index (χ1n) is 23.5. The van der Waals surface area contributed by atoms with E-state index < -0.39 is 121 Å². The van der Waals surface area contributed by atoms with Crippen LogP contribution in [0.15, 0.2) is 121 Å². The fourth-order valence-electron chi connectivity index (χ4n) is 7.69. The average molecular weight is 1040 g/mol. The fourth-order valence-corrected chi connectivity index (χ4v) is 7.69. The molecule has 0 unspecified atom stereocenters. The van der Waals surface area contributed by atoms with E-state index in [0.29, 0.717) is 22.3 Å². The fraction of sp³-hybridized carbons (Fsp3) is 0.423. The van der Waals surface area contributed by atoms with Crippen molar-refractivity contribution in [1.82, 2.24) is 31.9 Å². The molecule has 10 atom stereocenters. The summed E-state index contributed by atoms with van der Waals surface area (Å²) in [5, 5.41) is 59.8. The molecule has 4 aromatic rings. The molecule has 72 heavy (non-hydrogen) atoms. The van der Waals surface area contributed by atoms with Crippen molar-refractivity contribution in [2.24, 2.45) is 23.3 Å². The first-order valence-corrected chi connectivity index (χ1v) is 23.5. The van der Waals surface area contributed by atoms with E-state index in [0.717, 1.165) is 0 Å². The maximum Gasteiger partial charge on any atom is 0.243 e. The summed E-state index contributed by atoms with van der Waals surface area (Å²) >= 11 is 0. The molecule has 0 spiro atoms. The Balaban J connectivity index is 0.00000888. The van der Waals surface area contributed by atoms with Gasteiger partial charge in [-0.15, -0.1) is 24.8 Å². The normalized spacial score (nSPS) is 15.2. The molecular weight excluding hydrogens is 968 g/mol. The highest BCUT2D eigenvalue weighted by atomic mass is 35.5. The van der Waals surface area contributed by atoms with Crippen LogP contribution in [0, 0.1) is 11.8 Å². The summed E-state index contributed by atoms with van der Waals surface area (Å²) in [7, 11) is 0. The van der Waals surface area contributed by atoms with Crippen molar-refractivity contribution < 1.29 is 49.2 Å². The highest BCUT2D eigenvalue weighted by Crippen LogP contribution is 2.18. The molecule has 4 aromatic carbocycles. The third-order valence-corrected chi connectivity index (χ3v) is 11.8.